The molecule has 0 N–H and O–H groups in total. The lowest BCUT2D eigenvalue weighted by Crippen LogP contribution is -2.19. The number of hydrogen-bond donors (Lipinski definition) is 0. The van der Waals surface area contributed by atoms with Crippen molar-refractivity contribution in [3.63, 3.8) is 0 Å². The quantitative estimate of drug-likeness (QED) is 0.717. The Hall–Kier alpha value is -1.19. The van der Waals surface area contributed by atoms with Crippen LogP contribution in [0, 0.1) is 19.9 Å². The van der Waals surface area contributed by atoms with Gasteiger partial charge in [-0.3, -0.25) is 0 Å². The van der Waals surface area contributed by atoms with Gasteiger partial charge in [0.25, 0.3) is 0 Å². The first-order valence-electron chi connectivity index (χ1n) is 4.07. The first kappa shape index (κ1) is 10.9. The summed E-state index contributed by atoms with van der Waals surface area (Å²) >= 11 is 0. The van der Waals surface area contributed by atoms with Crippen molar-refractivity contribution in [3.8, 4) is 5.75 Å². The van der Waals surface area contributed by atoms with Crippen LogP contribution in [0.15, 0.2) is 12.1 Å². The highest BCUT2D eigenvalue weighted by Gasteiger charge is 2.28. The van der Waals surface area contributed by atoms with E-state index < -0.39 is 12.8 Å². The third-order valence-corrected chi connectivity index (χ3v) is 1.78. The summed E-state index contributed by atoms with van der Waals surface area (Å²) in [5, 5.41) is 0. The molecule has 1 nitrogen and oxygen atoms in total. The van der Waals surface area contributed by atoms with E-state index in [9.17, 15) is 13.2 Å². The van der Waals surface area contributed by atoms with Crippen LogP contribution in [0.4, 0.5) is 13.2 Å². The number of alkyl halides is 3. The van der Waals surface area contributed by atoms with Gasteiger partial charge in [0.15, 0.2) is 6.61 Å². The van der Waals surface area contributed by atoms with Gasteiger partial charge in [-0.05, 0) is 43.2 Å². The standard InChI is InChI=1S/C10H10F3O/c1-7-3-4-9(5-8(7)2)14-6-10(11,12)13/h4-5H,6H2,1-2H3. The summed E-state index contributed by atoms with van der Waals surface area (Å²) in [5.74, 6) is 0.199. The molecule has 77 valence electrons. The van der Waals surface area contributed by atoms with Crippen LogP contribution in [0.2, 0.25) is 0 Å². The average molecular weight is 203 g/mol. The van der Waals surface area contributed by atoms with Gasteiger partial charge < -0.3 is 4.74 Å². The molecule has 1 radical (unpaired) electrons. The normalized spacial score (nSPS) is 11.5. The maximum absolute atomic E-state index is 11.8. The van der Waals surface area contributed by atoms with Crippen LogP contribution in [0.25, 0.3) is 0 Å². The summed E-state index contributed by atoms with van der Waals surface area (Å²) in [5.41, 5.74) is 1.77. The number of halogens is 3. The Bertz CT molecular complexity index is 318. The maximum atomic E-state index is 11.8. The molecule has 0 saturated carbocycles. The highest BCUT2D eigenvalue weighted by Crippen LogP contribution is 2.20. The number of ether oxygens (including phenoxy) is 1. The van der Waals surface area contributed by atoms with E-state index in [0.717, 1.165) is 11.1 Å². The molecule has 0 aromatic heterocycles. The molecule has 1 aromatic carbocycles. The van der Waals surface area contributed by atoms with Crippen molar-refractivity contribution in [2.24, 2.45) is 0 Å². The largest absolute Gasteiger partial charge is 0.484 e. The molecule has 0 unspecified atom stereocenters. The van der Waals surface area contributed by atoms with E-state index in [1.165, 1.54) is 6.07 Å². The maximum Gasteiger partial charge on any atom is 0.422 e. The van der Waals surface area contributed by atoms with Crippen LogP contribution in [0.5, 0.6) is 5.75 Å². The fourth-order valence-corrected chi connectivity index (χ4v) is 0.905. The second-order valence-electron chi connectivity index (χ2n) is 3.05. The van der Waals surface area contributed by atoms with Gasteiger partial charge in [-0.15, -0.1) is 0 Å². The monoisotopic (exact) mass is 203 g/mol. The van der Waals surface area contributed by atoms with E-state index >= 15 is 0 Å². The van der Waals surface area contributed by atoms with Gasteiger partial charge in [0.05, 0.1) is 0 Å². The van der Waals surface area contributed by atoms with Crippen LogP contribution < -0.4 is 4.74 Å². The lowest BCUT2D eigenvalue weighted by atomic mass is 10.1. The van der Waals surface area contributed by atoms with Gasteiger partial charge in [0.2, 0.25) is 0 Å². The molecule has 4 heteroatoms. The van der Waals surface area contributed by atoms with Gasteiger partial charge in [-0.25, -0.2) is 0 Å². The lowest BCUT2D eigenvalue weighted by Gasteiger charge is -2.09. The van der Waals surface area contributed by atoms with Gasteiger partial charge in [0, 0.05) is 0 Å². The second kappa shape index (κ2) is 3.90. The van der Waals surface area contributed by atoms with Crippen molar-refractivity contribution in [2.75, 3.05) is 6.61 Å². The fraction of sp³-hybridized carbons (Fsp3) is 0.400. The molecular weight excluding hydrogens is 193 g/mol. The lowest BCUT2D eigenvalue weighted by molar-refractivity contribution is -0.153. The molecule has 0 amide bonds. The van der Waals surface area contributed by atoms with E-state index in [1.807, 2.05) is 6.92 Å². The Labute approximate surface area is 80.5 Å². The molecule has 0 fully saturated rings. The zero-order valence-electron chi connectivity index (χ0n) is 7.90. The molecule has 0 atom stereocenters. The molecule has 0 aliphatic heterocycles. The van der Waals surface area contributed by atoms with Crippen molar-refractivity contribution in [1.82, 2.24) is 0 Å². The summed E-state index contributed by atoms with van der Waals surface area (Å²) in [6.07, 6.45) is -4.29. The van der Waals surface area contributed by atoms with Gasteiger partial charge in [0.1, 0.15) is 5.75 Å². The van der Waals surface area contributed by atoms with Crippen molar-refractivity contribution in [2.45, 2.75) is 20.0 Å². The average Bonchev–Trinajstić information content (AvgIpc) is 2.06. The Morgan fingerprint density at radius 3 is 2.50 bits per heavy atom. The molecule has 0 aliphatic rings. The topological polar surface area (TPSA) is 9.23 Å². The third-order valence-electron chi connectivity index (χ3n) is 1.78. The summed E-state index contributed by atoms with van der Waals surface area (Å²) in [7, 11) is 0. The van der Waals surface area contributed by atoms with E-state index in [2.05, 4.69) is 10.8 Å². The minimum atomic E-state index is -4.29. The molecule has 14 heavy (non-hydrogen) atoms. The molecule has 0 saturated heterocycles. The predicted octanol–water partition coefficient (Wildman–Crippen LogP) is 3.04. The van der Waals surface area contributed by atoms with Gasteiger partial charge in [-0.2, -0.15) is 13.2 Å². The van der Waals surface area contributed by atoms with Crippen LogP contribution >= 0.6 is 0 Å². The van der Waals surface area contributed by atoms with Crippen LogP contribution in [0.3, 0.4) is 0 Å². The Morgan fingerprint density at radius 2 is 2.00 bits per heavy atom. The van der Waals surface area contributed by atoms with Gasteiger partial charge in [-0.1, -0.05) is 0 Å². The predicted molar refractivity (Wildman–Crippen MR) is 46.3 cm³/mol. The minimum Gasteiger partial charge on any atom is -0.484 e. The Balaban J connectivity index is 2.65. The first-order chi connectivity index (χ1) is 6.38. The minimum absolute atomic E-state index is 0.199. The third kappa shape index (κ3) is 3.28. The van der Waals surface area contributed by atoms with Crippen molar-refractivity contribution >= 4 is 0 Å². The molecule has 0 bridgehead atoms. The Kier molecular flexibility index (Phi) is 3.03. The van der Waals surface area contributed by atoms with E-state index in [1.54, 1.807) is 13.0 Å². The van der Waals surface area contributed by atoms with Crippen LogP contribution in [0.1, 0.15) is 11.1 Å². The zero-order chi connectivity index (χ0) is 10.8. The molecule has 0 heterocycles. The fourth-order valence-electron chi connectivity index (χ4n) is 0.905. The van der Waals surface area contributed by atoms with E-state index in [4.69, 9.17) is 0 Å². The van der Waals surface area contributed by atoms with Crippen LogP contribution in [-0.2, 0) is 0 Å². The molecule has 0 aliphatic carbocycles. The summed E-state index contributed by atoms with van der Waals surface area (Å²) in [6.45, 7) is 2.37. The molecular formula is C10H10F3O. The van der Waals surface area contributed by atoms with Crippen molar-refractivity contribution < 1.29 is 17.9 Å². The second-order valence-corrected chi connectivity index (χ2v) is 3.05. The SMILES string of the molecule is Cc1[c]cc(OCC(F)(F)F)cc1C. The van der Waals surface area contributed by atoms with Crippen molar-refractivity contribution in [1.29, 1.82) is 0 Å². The smallest absolute Gasteiger partial charge is 0.422 e. The van der Waals surface area contributed by atoms with Crippen LogP contribution in [-0.4, -0.2) is 12.8 Å². The highest BCUT2D eigenvalue weighted by molar-refractivity contribution is 5.32. The Morgan fingerprint density at radius 1 is 1.36 bits per heavy atom. The van der Waals surface area contributed by atoms with Crippen molar-refractivity contribution in [3.05, 3.63) is 29.3 Å². The molecule has 1 aromatic rings. The molecule has 0 spiro atoms. The first-order valence-corrected chi connectivity index (χ1v) is 4.07. The van der Waals surface area contributed by atoms with E-state index in [0.29, 0.717) is 0 Å². The number of rotatable bonds is 2. The summed E-state index contributed by atoms with van der Waals surface area (Å²) in [4.78, 5) is 0. The van der Waals surface area contributed by atoms with E-state index in [-0.39, 0.29) is 5.75 Å². The number of benzene rings is 1. The summed E-state index contributed by atoms with van der Waals surface area (Å²) in [6, 6.07) is 5.79. The number of aryl methyl sites for hydroxylation is 2. The zero-order valence-corrected chi connectivity index (χ0v) is 7.90. The summed E-state index contributed by atoms with van der Waals surface area (Å²) < 4.78 is 39.9. The van der Waals surface area contributed by atoms with Gasteiger partial charge >= 0.3 is 6.18 Å². The highest BCUT2D eigenvalue weighted by atomic mass is 19.4. The molecule has 1 rings (SSSR count). The number of hydrogen-bond acceptors (Lipinski definition) is 1.